The fraction of sp³-hybridized carbons (Fsp3) is 0.800. The van der Waals surface area contributed by atoms with Crippen molar-refractivity contribution in [3.63, 3.8) is 0 Å². The minimum absolute atomic E-state index is 0. The third-order valence-electron chi connectivity index (χ3n) is 0.697. The van der Waals surface area contributed by atoms with Crippen LogP contribution in [0.15, 0.2) is 0 Å². The van der Waals surface area contributed by atoms with Gasteiger partial charge in [0.1, 0.15) is 0 Å². The van der Waals surface area contributed by atoms with Crippen LogP contribution in [0.25, 0.3) is 0 Å². The van der Waals surface area contributed by atoms with Gasteiger partial charge in [-0.25, -0.2) is 0 Å². The molecular formula is C5H11Li. The summed E-state index contributed by atoms with van der Waals surface area (Å²) in [6.45, 7) is 8.00. The predicted molar refractivity (Wildman–Crippen MR) is 24.8 cm³/mol. The molecule has 0 aliphatic heterocycles. The van der Waals surface area contributed by atoms with Crippen molar-refractivity contribution in [3.8, 4) is 0 Å². The second-order valence-electron chi connectivity index (χ2n) is 1.51. The van der Waals surface area contributed by atoms with Gasteiger partial charge in [-0.1, -0.05) is 20.3 Å². The van der Waals surface area contributed by atoms with Gasteiger partial charge >= 0.3 is 18.9 Å². The average Bonchev–Trinajstić information content (AvgIpc) is 1.38. The summed E-state index contributed by atoms with van der Waals surface area (Å²) in [7, 11) is 0. The molecule has 0 aromatic rings. The van der Waals surface area contributed by atoms with Crippen LogP contribution >= 0.6 is 0 Å². The third-order valence-corrected chi connectivity index (χ3v) is 0.697. The molecule has 0 aliphatic rings. The van der Waals surface area contributed by atoms with E-state index in [-0.39, 0.29) is 18.9 Å². The van der Waals surface area contributed by atoms with Crippen LogP contribution in [-0.4, -0.2) is 0 Å². The van der Waals surface area contributed by atoms with E-state index in [1.165, 1.54) is 6.42 Å². The maximum absolute atomic E-state index is 3.76. The molecule has 1 heteroatoms. The van der Waals surface area contributed by atoms with Crippen LogP contribution in [0.1, 0.15) is 20.3 Å². The van der Waals surface area contributed by atoms with Gasteiger partial charge in [0.15, 0.2) is 0 Å². The normalized spacial score (nSPS) is 12.5. The van der Waals surface area contributed by atoms with E-state index >= 15 is 0 Å². The Kier molecular flexibility index (Phi) is 9.12. The van der Waals surface area contributed by atoms with Gasteiger partial charge < -0.3 is 6.92 Å². The van der Waals surface area contributed by atoms with Gasteiger partial charge in [0, 0.05) is 0 Å². The van der Waals surface area contributed by atoms with Crippen LogP contribution < -0.4 is 18.9 Å². The molecule has 0 rings (SSSR count). The molecule has 0 aromatic carbocycles. The van der Waals surface area contributed by atoms with E-state index in [2.05, 4.69) is 20.8 Å². The number of rotatable bonds is 1. The predicted octanol–water partition coefficient (Wildman–Crippen LogP) is -1.13. The van der Waals surface area contributed by atoms with Gasteiger partial charge in [0.2, 0.25) is 0 Å². The van der Waals surface area contributed by atoms with Crippen molar-refractivity contribution in [2.24, 2.45) is 5.92 Å². The Hall–Kier alpha value is 0.597. The van der Waals surface area contributed by atoms with Crippen molar-refractivity contribution in [1.29, 1.82) is 0 Å². The van der Waals surface area contributed by atoms with Crippen LogP contribution in [0.2, 0.25) is 0 Å². The Morgan fingerprint density at radius 3 is 1.83 bits per heavy atom. The molecule has 0 saturated carbocycles. The number of hydrogen-bond donors (Lipinski definition) is 0. The molecular weight excluding hydrogens is 67.0 g/mol. The quantitative estimate of drug-likeness (QED) is 0.275. The van der Waals surface area contributed by atoms with E-state index in [1.54, 1.807) is 0 Å². The Labute approximate surface area is 52.5 Å². The molecule has 1 atom stereocenters. The topological polar surface area (TPSA) is 0 Å². The van der Waals surface area contributed by atoms with Crippen molar-refractivity contribution in [1.82, 2.24) is 0 Å². The Morgan fingerprint density at radius 2 is 1.83 bits per heavy atom. The van der Waals surface area contributed by atoms with Crippen molar-refractivity contribution < 1.29 is 18.9 Å². The SMILES string of the molecule is [CH2-][C@H](C)CC.[Li+]. The molecule has 0 unspecified atom stereocenters. The van der Waals surface area contributed by atoms with E-state index < -0.39 is 0 Å². The zero-order valence-electron chi connectivity index (χ0n) is 4.99. The molecule has 0 radical (unpaired) electrons. The second kappa shape index (κ2) is 5.60. The van der Waals surface area contributed by atoms with Crippen molar-refractivity contribution >= 4 is 0 Å². The molecule has 0 saturated heterocycles. The zero-order chi connectivity index (χ0) is 4.28. The van der Waals surface area contributed by atoms with Gasteiger partial charge in [-0.15, -0.1) is 0 Å². The minimum atomic E-state index is 0. The monoisotopic (exact) mass is 78.1 g/mol. The Morgan fingerprint density at radius 1 is 1.67 bits per heavy atom. The smallest absolute Gasteiger partial charge is 0.341 e. The van der Waals surface area contributed by atoms with Crippen LogP contribution in [0.3, 0.4) is 0 Å². The molecule has 0 spiro atoms. The molecule has 0 N–H and O–H groups in total. The summed E-state index contributed by atoms with van der Waals surface area (Å²) in [4.78, 5) is 0. The van der Waals surface area contributed by atoms with Crippen LogP contribution in [0, 0.1) is 12.8 Å². The van der Waals surface area contributed by atoms with E-state index in [9.17, 15) is 0 Å². The third kappa shape index (κ3) is 8.82. The van der Waals surface area contributed by atoms with Crippen LogP contribution in [-0.2, 0) is 0 Å². The zero-order valence-corrected chi connectivity index (χ0v) is 4.99. The molecule has 0 aliphatic carbocycles. The van der Waals surface area contributed by atoms with E-state index in [0.717, 1.165) is 0 Å². The largest absolute Gasteiger partial charge is 1.00 e. The second-order valence-corrected chi connectivity index (χ2v) is 1.51. The van der Waals surface area contributed by atoms with Crippen LogP contribution in [0.5, 0.6) is 0 Å². The van der Waals surface area contributed by atoms with Gasteiger partial charge in [0.05, 0.1) is 0 Å². The molecule has 0 nitrogen and oxygen atoms in total. The molecule has 0 aromatic heterocycles. The fourth-order valence-electron chi connectivity index (χ4n) is 0. The van der Waals surface area contributed by atoms with Crippen LogP contribution in [0.4, 0.5) is 0 Å². The maximum Gasteiger partial charge on any atom is 1.00 e. The summed E-state index contributed by atoms with van der Waals surface area (Å²) in [5.74, 6) is 0.634. The van der Waals surface area contributed by atoms with Gasteiger partial charge in [-0.05, 0) is 0 Å². The molecule has 6 heavy (non-hydrogen) atoms. The molecule has 0 fully saturated rings. The first-order valence-electron chi connectivity index (χ1n) is 2.10. The van der Waals surface area contributed by atoms with Gasteiger partial charge in [-0.2, -0.15) is 5.92 Å². The first kappa shape index (κ1) is 9.78. The first-order valence-corrected chi connectivity index (χ1v) is 2.10. The summed E-state index contributed by atoms with van der Waals surface area (Å²) < 4.78 is 0. The summed E-state index contributed by atoms with van der Waals surface area (Å²) in [5.41, 5.74) is 0. The fourth-order valence-corrected chi connectivity index (χ4v) is 0. The Bertz CT molecular complexity index is 17.9. The van der Waals surface area contributed by atoms with E-state index in [1.807, 2.05) is 0 Å². The first-order chi connectivity index (χ1) is 2.27. The van der Waals surface area contributed by atoms with Crippen molar-refractivity contribution in [2.45, 2.75) is 20.3 Å². The Balaban J connectivity index is 0. The summed E-state index contributed by atoms with van der Waals surface area (Å²) in [6, 6.07) is 0. The molecule has 0 bridgehead atoms. The van der Waals surface area contributed by atoms with E-state index in [4.69, 9.17) is 0 Å². The number of hydrogen-bond acceptors (Lipinski definition) is 0. The minimum Gasteiger partial charge on any atom is -0.341 e. The molecule has 0 amide bonds. The van der Waals surface area contributed by atoms with E-state index in [0.29, 0.717) is 5.92 Å². The van der Waals surface area contributed by atoms with Gasteiger partial charge in [-0.3, -0.25) is 0 Å². The maximum atomic E-state index is 3.76. The van der Waals surface area contributed by atoms with Crippen molar-refractivity contribution in [3.05, 3.63) is 6.92 Å². The molecule has 32 valence electrons. The summed E-state index contributed by atoms with van der Waals surface area (Å²) in [6.07, 6.45) is 1.19. The average molecular weight is 78.1 g/mol. The van der Waals surface area contributed by atoms with Crippen molar-refractivity contribution in [2.75, 3.05) is 0 Å². The molecule has 0 heterocycles. The summed E-state index contributed by atoms with van der Waals surface area (Å²) >= 11 is 0. The standard InChI is InChI=1S/C5H11.Li/c1-4-5(2)3;/h5H,2,4H2,1,3H3;/q-1;+1/t5-;/m1./s1. The summed E-state index contributed by atoms with van der Waals surface area (Å²) in [5, 5.41) is 0. The van der Waals surface area contributed by atoms with Gasteiger partial charge in [0.25, 0.3) is 0 Å².